The summed E-state index contributed by atoms with van der Waals surface area (Å²) < 4.78 is 40.5. The number of halogens is 4. The zero-order valence-electron chi connectivity index (χ0n) is 15.5. The highest BCUT2D eigenvalue weighted by Gasteiger charge is 2.20. The highest BCUT2D eigenvalue weighted by Crippen LogP contribution is 2.16. The molecule has 0 saturated carbocycles. The molecule has 0 fully saturated rings. The first-order valence-corrected chi connectivity index (χ1v) is 9.23. The summed E-state index contributed by atoms with van der Waals surface area (Å²) in [6.07, 6.45) is 0. The van der Waals surface area contributed by atoms with Crippen LogP contribution < -0.4 is 5.32 Å². The third-order valence-corrected chi connectivity index (χ3v) is 4.37. The Balaban J connectivity index is 1.83. The van der Waals surface area contributed by atoms with Crippen LogP contribution in [0.2, 0.25) is 5.02 Å². The molecule has 0 atom stereocenters. The van der Waals surface area contributed by atoms with Gasteiger partial charge in [0.05, 0.1) is 0 Å². The largest absolute Gasteiger partial charge is 0.325 e. The fourth-order valence-electron chi connectivity index (χ4n) is 2.84. The molecule has 0 saturated heterocycles. The van der Waals surface area contributed by atoms with E-state index in [1.165, 1.54) is 42.5 Å². The number of amides is 2. The number of benzene rings is 3. The fourth-order valence-corrected chi connectivity index (χ4v) is 2.96. The van der Waals surface area contributed by atoms with Gasteiger partial charge in [-0.2, -0.15) is 0 Å². The summed E-state index contributed by atoms with van der Waals surface area (Å²) in [7, 11) is 0. The van der Waals surface area contributed by atoms with E-state index in [1.54, 1.807) is 0 Å². The Labute approximate surface area is 175 Å². The molecule has 3 aromatic rings. The van der Waals surface area contributed by atoms with E-state index in [9.17, 15) is 22.8 Å². The predicted molar refractivity (Wildman–Crippen MR) is 108 cm³/mol. The molecule has 0 radical (unpaired) electrons. The van der Waals surface area contributed by atoms with Crippen molar-refractivity contribution in [1.82, 2.24) is 4.90 Å². The Kier molecular flexibility index (Phi) is 6.74. The minimum atomic E-state index is -0.798. The van der Waals surface area contributed by atoms with Crippen molar-refractivity contribution in [2.75, 3.05) is 11.9 Å². The molecule has 0 bridgehead atoms. The maximum atomic E-state index is 13.6. The molecule has 3 aromatic carbocycles. The number of hydrogen-bond acceptors (Lipinski definition) is 2. The SMILES string of the molecule is O=C(CN(Cc1cc(F)cc(F)c1)C(=O)c1ccc(Cl)cc1)Nc1cccc(F)c1. The van der Waals surface area contributed by atoms with Gasteiger partial charge in [-0.05, 0) is 60.2 Å². The van der Waals surface area contributed by atoms with Crippen molar-refractivity contribution >= 4 is 29.1 Å². The third kappa shape index (κ3) is 5.84. The Morgan fingerprint density at radius 3 is 2.17 bits per heavy atom. The lowest BCUT2D eigenvalue weighted by atomic mass is 10.1. The molecule has 0 aromatic heterocycles. The summed E-state index contributed by atoms with van der Waals surface area (Å²) in [5, 5.41) is 2.92. The van der Waals surface area contributed by atoms with Gasteiger partial charge in [0.2, 0.25) is 5.91 Å². The zero-order valence-corrected chi connectivity index (χ0v) is 16.3. The van der Waals surface area contributed by atoms with E-state index in [0.29, 0.717) is 11.1 Å². The number of anilines is 1. The number of hydrogen-bond donors (Lipinski definition) is 1. The lowest BCUT2D eigenvalue weighted by Crippen LogP contribution is -2.37. The summed E-state index contributed by atoms with van der Waals surface area (Å²) in [6.45, 7) is -0.636. The van der Waals surface area contributed by atoms with Crippen molar-refractivity contribution < 1.29 is 22.8 Å². The molecule has 4 nitrogen and oxygen atoms in total. The summed E-state index contributed by atoms with van der Waals surface area (Å²) >= 11 is 5.84. The molecule has 0 unspecified atom stereocenters. The molecule has 0 aliphatic carbocycles. The first-order chi connectivity index (χ1) is 14.3. The lowest BCUT2D eigenvalue weighted by Gasteiger charge is -2.23. The van der Waals surface area contributed by atoms with Crippen LogP contribution in [0.3, 0.4) is 0 Å². The molecular formula is C22H16ClF3N2O2. The summed E-state index contributed by atoms with van der Waals surface area (Å²) in [5.41, 5.74) is 0.638. The maximum absolute atomic E-state index is 13.6. The second kappa shape index (κ2) is 9.45. The summed E-state index contributed by atoms with van der Waals surface area (Å²) in [4.78, 5) is 26.5. The van der Waals surface area contributed by atoms with Gasteiger partial charge in [0, 0.05) is 28.9 Å². The Bertz CT molecular complexity index is 1050. The van der Waals surface area contributed by atoms with E-state index in [1.807, 2.05) is 0 Å². The molecule has 1 N–H and O–H groups in total. The Morgan fingerprint density at radius 2 is 1.53 bits per heavy atom. The lowest BCUT2D eigenvalue weighted by molar-refractivity contribution is -0.117. The quantitative estimate of drug-likeness (QED) is 0.593. The first kappa shape index (κ1) is 21.4. The van der Waals surface area contributed by atoms with Crippen LogP contribution in [0.15, 0.2) is 66.7 Å². The Hall–Kier alpha value is -3.32. The molecule has 3 rings (SSSR count). The molecular weight excluding hydrogens is 417 g/mol. The van der Waals surface area contributed by atoms with Gasteiger partial charge in [-0.25, -0.2) is 13.2 Å². The van der Waals surface area contributed by atoms with Crippen LogP contribution >= 0.6 is 11.6 Å². The first-order valence-electron chi connectivity index (χ1n) is 8.85. The highest BCUT2D eigenvalue weighted by atomic mass is 35.5. The predicted octanol–water partition coefficient (Wildman–Crippen LogP) is 5.04. The topological polar surface area (TPSA) is 49.4 Å². The van der Waals surface area contributed by atoms with Crippen molar-refractivity contribution in [1.29, 1.82) is 0 Å². The minimum Gasteiger partial charge on any atom is -0.325 e. The smallest absolute Gasteiger partial charge is 0.254 e. The summed E-state index contributed by atoms with van der Waals surface area (Å²) in [5.74, 6) is -3.26. The van der Waals surface area contributed by atoms with Gasteiger partial charge in [0.25, 0.3) is 5.91 Å². The van der Waals surface area contributed by atoms with Crippen LogP contribution in [-0.2, 0) is 11.3 Å². The van der Waals surface area contributed by atoms with Gasteiger partial charge in [-0.15, -0.1) is 0 Å². The molecule has 30 heavy (non-hydrogen) atoms. The van der Waals surface area contributed by atoms with Gasteiger partial charge >= 0.3 is 0 Å². The number of carbonyl (C=O) groups excluding carboxylic acids is 2. The number of nitrogens with zero attached hydrogens (tertiary/aromatic N) is 1. The maximum Gasteiger partial charge on any atom is 0.254 e. The van der Waals surface area contributed by atoms with Crippen LogP contribution in [0, 0.1) is 17.5 Å². The van der Waals surface area contributed by atoms with Gasteiger partial charge in [-0.1, -0.05) is 17.7 Å². The van der Waals surface area contributed by atoms with E-state index >= 15 is 0 Å². The normalized spacial score (nSPS) is 10.5. The van der Waals surface area contributed by atoms with Crippen LogP contribution in [0.25, 0.3) is 0 Å². The van der Waals surface area contributed by atoms with Crippen molar-refractivity contribution in [3.8, 4) is 0 Å². The fraction of sp³-hybridized carbons (Fsp3) is 0.0909. The van der Waals surface area contributed by atoms with Gasteiger partial charge in [0.15, 0.2) is 0 Å². The number of carbonyl (C=O) groups is 2. The highest BCUT2D eigenvalue weighted by molar-refractivity contribution is 6.30. The average Bonchev–Trinajstić information content (AvgIpc) is 2.66. The van der Waals surface area contributed by atoms with Crippen molar-refractivity contribution in [3.05, 3.63) is 100 Å². The van der Waals surface area contributed by atoms with Crippen LogP contribution in [0.1, 0.15) is 15.9 Å². The van der Waals surface area contributed by atoms with Crippen molar-refractivity contribution in [2.45, 2.75) is 6.54 Å². The van der Waals surface area contributed by atoms with E-state index < -0.39 is 35.8 Å². The van der Waals surface area contributed by atoms with E-state index in [-0.39, 0.29) is 23.4 Å². The summed E-state index contributed by atoms with van der Waals surface area (Å²) in [6, 6.07) is 14.1. The van der Waals surface area contributed by atoms with Crippen LogP contribution in [0.5, 0.6) is 0 Å². The minimum absolute atomic E-state index is 0.174. The van der Waals surface area contributed by atoms with Gasteiger partial charge < -0.3 is 10.2 Å². The molecule has 154 valence electrons. The molecule has 2 amide bonds. The molecule has 0 aliphatic rings. The standard InChI is InChI=1S/C22H16ClF3N2O2/c23-16-6-4-15(5-7-16)22(30)28(12-14-8-18(25)10-19(26)9-14)13-21(29)27-20-3-1-2-17(24)11-20/h1-11H,12-13H2,(H,27,29). The van der Waals surface area contributed by atoms with Gasteiger partial charge in [0.1, 0.15) is 24.0 Å². The zero-order chi connectivity index (χ0) is 21.7. The van der Waals surface area contributed by atoms with Crippen molar-refractivity contribution in [3.63, 3.8) is 0 Å². The second-order valence-corrected chi connectivity index (χ2v) is 6.94. The Morgan fingerprint density at radius 1 is 0.867 bits per heavy atom. The molecule has 0 heterocycles. The molecule has 8 heteroatoms. The molecule has 0 aliphatic heterocycles. The van der Waals surface area contributed by atoms with Gasteiger partial charge in [-0.3, -0.25) is 9.59 Å². The number of nitrogens with one attached hydrogen (secondary N) is 1. The monoisotopic (exact) mass is 432 g/mol. The third-order valence-electron chi connectivity index (χ3n) is 4.12. The number of rotatable bonds is 6. The van der Waals surface area contributed by atoms with E-state index in [2.05, 4.69) is 5.32 Å². The second-order valence-electron chi connectivity index (χ2n) is 6.50. The average molecular weight is 433 g/mol. The van der Waals surface area contributed by atoms with E-state index in [4.69, 9.17) is 11.6 Å². The van der Waals surface area contributed by atoms with Crippen LogP contribution in [-0.4, -0.2) is 23.3 Å². The van der Waals surface area contributed by atoms with Crippen molar-refractivity contribution in [2.24, 2.45) is 0 Å². The molecule has 0 spiro atoms. The van der Waals surface area contributed by atoms with Crippen LogP contribution in [0.4, 0.5) is 18.9 Å². The van der Waals surface area contributed by atoms with E-state index in [0.717, 1.165) is 23.1 Å².